The molecule has 2 bridgehead atoms. The highest BCUT2D eigenvalue weighted by Crippen LogP contribution is 2.38. The Morgan fingerprint density at radius 2 is 2.07 bits per heavy atom. The Kier molecular flexibility index (Phi) is 3.64. The van der Waals surface area contributed by atoms with Gasteiger partial charge in [0.05, 0.1) is 6.33 Å². The van der Waals surface area contributed by atoms with Gasteiger partial charge in [0.2, 0.25) is 5.95 Å². The predicted molar refractivity (Wildman–Crippen MR) is 113 cm³/mol. The van der Waals surface area contributed by atoms with Gasteiger partial charge in [-0.3, -0.25) is 9.78 Å². The summed E-state index contributed by atoms with van der Waals surface area (Å²) < 4.78 is 1.94. The first-order valence-electron chi connectivity index (χ1n) is 10.0. The maximum atomic E-state index is 12.9. The summed E-state index contributed by atoms with van der Waals surface area (Å²) >= 11 is 0. The van der Waals surface area contributed by atoms with Crippen LogP contribution in [0.25, 0.3) is 22.3 Å². The monoisotopic (exact) mass is 400 g/mol. The number of piperidine rings is 1. The highest BCUT2D eigenvalue weighted by Gasteiger charge is 2.36. The van der Waals surface area contributed by atoms with Crippen molar-refractivity contribution in [2.24, 2.45) is 5.92 Å². The summed E-state index contributed by atoms with van der Waals surface area (Å²) in [6.07, 6.45) is 6.20. The van der Waals surface area contributed by atoms with Crippen molar-refractivity contribution in [2.75, 3.05) is 23.7 Å². The van der Waals surface area contributed by atoms with Gasteiger partial charge in [-0.1, -0.05) is 6.07 Å². The lowest BCUT2D eigenvalue weighted by Gasteiger charge is -2.43. The molecule has 0 saturated carbocycles. The second-order valence-electron chi connectivity index (χ2n) is 8.07. The third-order valence-electron chi connectivity index (χ3n) is 6.13. The van der Waals surface area contributed by atoms with Crippen LogP contribution in [0.1, 0.15) is 18.0 Å². The molecule has 6 heterocycles. The van der Waals surface area contributed by atoms with Crippen LogP contribution in [0.4, 0.5) is 11.8 Å². The average molecular weight is 400 g/mol. The molecule has 0 aromatic carbocycles. The average Bonchev–Trinajstić information content (AvgIpc) is 3.22. The van der Waals surface area contributed by atoms with Crippen LogP contribution in [0.15, 0.2) is 47.8 Å². The van der Waals surface area contributed by atoms with Crippen molar-refractivity contribution >= 4 is 22.9 Å². The minimum absolute atomic E-state index is 0.0525. The molecule has 30 heavy (non-hydrogen) atoms. The van der Waals surface area contributed by atoms with E-state index in [-0.39, 0.29) is 17.4 Å². The lowest BCUT2D eigenvalue weighted by atomic mass is 9.82. The molecule has 2 atom stereocenters. The number of fused-ring (bicyclic) bond motifs is 5. The van der Waals surface area contributed by atoms with Gasteiger partial charge >= 0.3 is 0 Å². The van der Waals surface area contributed by atoms with E-state index in [1.807, 2.05) is 16.7 Å². The first-order chi connectivity index (χ1) is 14.7. The maximum Gasteiger partial charge on any atom is 0.251 e. The molecule has 4 aromatic rings. The molecule has 6 rings (SSSR count). The fourth-order valence-corrected chi connectivity index (χ4v) is 4.90. The van der Waals surface area contributed by atoms with Crippen LogP contribution >= 0.6 is 0 Å². The van der Waals surface area contributed by atoms with Crippen molar-refractivity contribution < 1.29 is 0 Å². The van der Waals surface area contributed by atoms with Gasteiger partial charge in [-0.15, -0.1) is 0 Å². The molecule has 1 fully saturated rings. The Hall–Kier alpha value is -3.75. The number of H-pyrrole nitrogens is 1. The summed E-state index contributed by atoms with van der Waals surface area (Å²) in [5, 5.41) is 0. The van der Waals surface area contributed by atoms with Crippen LogP contribution in [-0.4, -0.2) is 42.6 Å². The molecule has 0 aliphatic carbocycles. The quantitative estimate of drug-likeness (QED) is 0.526. The van der Waals surface area contributed by atoms with Crippen molar-refractivity contribution in [1.29, 1.82) is 0 Å². The van der Waals surface area contributed by atoms with Gasteiger partial charge in [0.25, 0.3) is 5.56 Å². The molecule has 0 spiro atoms. The van der Waals surface area contributed by atoms with Crippen LogP contribution in [0.2, 0.25) is 0 Å². The molecule has 9 heteroatoms. The minimum atomic E-state index is 0.0525. The summed E-state index contributed by atoms with van der Waals surface area (Å²) in [5.41, 5.74) is 10.3. The molecule has 2 aliphatic heterocycles. The van der Waals surface area contributed by atoms with Crippen molar-refractivity contribution in [3.8, 4) is 11.1 Å². The number of rotatable bonds is 2. The smallest absolute Gasteiger partial charge is 0.251 e. The van der Waals surface area contributed by atoms with Crippen LogP contribution in [0.5, 0.6) is 0 Å². The number of pyridine rings is 2. The van der Waals surface area contributed by atoms with E-state index in [1.54, 1.807) is 24.8 Å². The van der Waals surface area contributed by atoms with Crippen LogP contribution in [0, 0.1) is 5.92 Å². The summed E-state index contributed by atoms with van der Waals surface area (Å²) in [6, 6.07) is 7.73. The van der Waals surface area contributed by atoms with E-state index >= 15 is 0 Å². The summed E-state index contributed by atoms with van der Waals surface area (Å²) in [4.78, 5) is 35.4. The second-order valence-corrected chi connectivity index (χ2v) is 8.07. The second kappa shape index (κ2) is 6.38. The third-order valence-corrected chi connectivity index (χ3v) is 6.13. The van der Waals surface area contributed by atoms with Gasteiger partial charge in [0.1, 0.15) is 5.52 Å². The summed E-state index contributed by atoms with van der Waals surface area (Å²) in [7, 11) is 0. The van der Waals surface area contributed by atoms with E-state index in [0.29, 0.717) is 18.1 Å². The van der Waals surface area contributed by atoms with E-state index in [0.717, 1.165) is 47.7 Å². The topological polar surface area (TPSA) is 119 Å². The first-order valence-corrected chi connectivity index (χ1v) is 10.0. The zero-order valence-electron chi connectivity index (χ0n) is 16.2. The molecule has 0 amide bonds. The lowest BCUT2D eigenvalue weighted by molar-refractivity contribution is 0.281. The highest BCUT2D eigenvalue weighted by molar-refractivity contribution is 5.84. The van der Waals surface area contributed by atoms with Crippen LogP contribution in [0.3, 0.4) is 0 Å². The fraction of sp³-hybridized carbons (Fsp3) is 0.286. The Morgan fingerprint density at radius 1 is 1.13 bits per heavy atom. The molecule has 1 saturated heterocycles. The van der Waals surface area contributed by atoms with Crippen LogP contribution < -0.4 is 16.2 Å². The van der Waals surface area contributed by atoms with Crippen molar-refractivity contribution in [3.63, 3.8) is 0 Å². The number of aromatic nitrogens is 6. The minimum Gasteiger partial charge on any atom is -0.368 e. The zero-order valence-corrected chi connectivity index (χ0v) is 16.2. The normalized spacial score (nSPS) is 20.3. The van der Waals surface area contributed by atoms with Crippen molar-refractivity contribution in [3.05, 3.63) is 59.0 Å². The Balaban J connectivity index is 1.42. The number of nitrogens with one attached hydrogen (secondary N) is 1. The number of anilines is 2. The van der Waals surface area contributed by atoms with Gasteiger partial charge < -0.3 is 20.2 Å². The largest absolute Gasteiger partial charge is 0.368 e. The van der Waals surface area contributed by atoms with Gasteiger partial charge in [0.15, 0.2) is 11.5 Å². The number of nitrogens with two attached hydrogens (primary N) is 1. The number of nitrogen functional groups attached to an aromatic ring is 1. The predicted octanol–water partition coefficient (Wildman–Crippen LogP) is 1.78. The Labute approximate surface area is 171 Å². The van der Waals surface area contributed by atoms with Gasteiger partial charge in [-0.25, -0.2) is 4.98 Å². The fourth-order valence-electron chi connectivity index (χ4n) is 4.90. The SMILES string of the molecule is Nc1nc(N2C[C@@H]3C[C@H](C2)c2cc(-c4cccnc4)cc(=O)n2C3)c2[nH]cnc2n1. The molecule has 0 radical (unpaired) electrons. The van der Waals surface area contributed by atoms with E-state index in [1.165, 1.54) is 0 Å². The van der Waals surface area contributed by atoms with Gasteiger partial charge in [-0.05, 0) is 30.0 Å². The molecule has 9 nitrogen and oxygen atoms in total. The number of nitrogens with zero attached hydrogens (tertiary/aromatic N) is 6. The molecule has 4 aromatic heterocycles. The third kappa shape index (κ3) is 2.66. The Morgan fingerprint density at radius 3 is 2.93 bits per heavy atom. The standard InChI is InChI=1S/C21H20N8O/c22-21-26-19-18(24-11-25-19)20(27-21)28-8-12-4-15(10-28)16-5-14(6-17(30)29(16)9-12)13-2-1-3-23-7-13/h1-3,5-7,11-12,15H,4,8-10H2,(H3,22,24,25,26,27)/t12-,15+/m0/s1. The Bertz CT molecular complexity index is 1310. The number of hydrogen-bond acceptors (Lipinski definition) is 7. The van der Waals surface area contributed by atoms with E-state index in [4.69, 9.17) is 5.73 Å². The highest BCUT2D eigenvalue weighted by atomic mass is 16.1. The first kappa shape index (κ1) is 17.1. The maximum absolute atomic E-state index is 12.9. The van der Waals surface area contributed by atoms with Crippen molar-refractivity contribution in [2.45, 2.75) is 18.9 Å². The van der Waals surface area contributed by atoms with E-state index in [2.05, 4.69) is 35.9 Å². The van der Waals surface area contributed by atoms with Crippen LogP contribution in [-0.2, 0) is 6.54 Å². The summed E-state index contributed by atoms with van der Waals surface area (Å²) in [5.74, 6) is 1.60. The van der Waals surface area contributed by atoms with E-state index in [9.17, 15) is 4.79 Å². The number of hydrogen-bond donors (Lipinski definition) is 2. The number of aromatic amines is 1. The molecular formula is C21H20N8O. The summed E-state index contributed by atoms with van der Waals surface area (Å²) in [6.45, 7) is 2.29. The number of imidazole rings is 1. The van der Waals surface area contributed by atoms with Crippen molar-refractivity contribution in [1.82, 2.24) is 29.5 Å². The van der Waals surface area contributed by atoms with Gasteiger partial charge in [-0.2, -0.15) is 9.97 Å². The van der Waals surface area contributed by atoms with E-state index < -0.39 is 0 Å². The molecule has 3 N–H and O–H groups in total. The molecule has 2 aliphatic rings. The molecular weight excluding hydrogens is 380 g/mol. The molecule has 150 valence electrons. The zero-order chi connectivity index (χ0) is 20.2. The van der Waals surface area contributed by atoms with Gasteiger partial charge in [0, 0.05) is 55.3 Å². The molecule has 0 unspecified atom stereocenters. The lowest BCUT2D eigenvalue weighted by Crippen LogP contribution is -2.47.